The fourth-order valence-electron chi connectivity index (χ4n) is 1.86. The van der Waals surface area contributed by atoms with Gasteiger partial charge in [0.05, 0.1) is 6.61 Å². The number of halogens is 1. The lowest BCUT2D eigenvalue weighted by Gasteiger charge is -2.17. The molecule has 2 heteroatoms. The monoisotopic (exact) mass is 240 g/mol. The molecule has 0 aliphatic heterocycles. The molecule has 1 atom stereocenters. The summed E-state index contributed by atoms with van der Waals surface area (Å²) in [6.45, 7) is 7.17. The van der Waals surface area contributed by atoms with Crippen molar-refractivity contribution in [1.82, 2.24) is 0 Å². The van der Waals surface area contributed by atoms with E-state index < -0.39 is 0 Å². The third-order valence-corrected chi connectivity index (χ3v) is 2.98. The van der Waals surface area contributed by atoms with E-state index in [0.717, 1.165) is 12.2 Å². The first kappa shape index (κ1) is 13.4. The van der Waals surface area contributed by atoms with Crippen LogP contribution in [0.3, 0.4) is 0 Å². The molecule has 1 unspecified atom stereocenters. The van der Waals surface area contributed by atoms with Crippen LogP contribution >= 0.6 is 11.6 Å². The Labute approximate surface area is 104 Å². The van der Waals surface area contributed by atoms with E-state index >= 15 is 0 Å². The minimum absolute atomic E-state index is 0.456. The predicted molar refractivity (Wildman–Crippen MR) is 70.5 cm³/mol. The van der Waals surface area contributed by atoms with Crippen molar-refractivity contribution >= 4 is 11.6 Å². The van der Waals surface area contributed by atoms with Gasteiger partial charge in [0.25, 0.3) is 0 Å². The minimum Gasteiger partial charge on any atom is -0.494 e. The van der Waals surface area contributed by atoms with Crippen LogP contribution in [0.1, 0.15) is 38.7 Å². The van der Waals surface area contributed by atoms with Gasteiger partial charge in [0.15, 0.2) is 0 Å². The maximum absolute atomic E-state index is 6.02. The Morgan fingerprint density at radius 2 is 1.81 bits per heavy atom. The van der Waals surface area contributed by atoms with Crippen LogP contribution in [0.25, 0.3) is 0 Å². The van der Waals surface area contributed by atoms with E-state index in [4.69, 9.17) is 16.3 Å². The second-order valence-electron chi connectivity index (χ2n) is 4.48. The molecule has 0 saturated heterocycles. The minimum atomic E-state index is 0.456. The highest BCUT2D eigenvalue weighted by Crippen LogP contribution is 2.26. The fraction of sp³-hybridized carbons (Fsp3) is 0.571. The third-order valence-electron chi connectivity index (χ3n) is 2.60. The van der Waals surface area contributed by atoms with Gasteiger partial charge in [0, 0.05) is 5.88 Å². The average Bonchev–Trinajstić information content (AvgIpc) is 2.27. The van der Waals surface area contributed by atoms with E-state index in [2.05, 4.69) is 26.0 Å². The van der Waals surface area contributed by atoms with Crippen LogP contribution < -0.4 is 4.74 Å². The lowest BCUT2D eigenvalue weighted by atomic mass is 9.92. The van der Waals surface area contributed by atoms with Crippen LogP contribution in [0.4, 0.5) is 0 Å². The molecular formula is C14H21ClO. The van der Waals surface area contributed by atoms with Crippen molar-refractivity contribution in [3.63, 3.8) is 0 Å². The maximum atomic E-state index is 6.02. The highest BCUT2D eigenvalue weighted by atomic mass is 35.5. The second kappa shape index (κ2) is 6.80. The molecular weight excluding hydrogens is 220 g/mol. The van der Waals surface area contributed by atoms with Gasteiger partial charge in [-0.25, -0.2) is 0 Å². The molecule has 0 radical (unpaired) electrons. The van der Waals surface area contributed by atoms with Crippen molar-refractivity contribution < 1.29 is 4.74 Å². The Bertz CT molecular complexity index is 292. The molecule has 1 rings (SSSR count). The van der Waals surface area contributed by atoms with Crippen LogP contribution in [-0.2, 0) is 0 Å². The molecule has 0 N–H and O–H groups in total. The molecule has 1 aromatic carbocycles. The van der Waals surface area contributed by atoms with E-state index in [1.54, 1.807) is 0 Å². The van der Waals surface area contributed by atoms with Crippen molar-refractivity contribution in [2.45, 2.75) is 33.1 Å². The summed E-state index contributed by atoms with van der Waals surface area (Å²) in [4.78, 5) is 0. The van der Waals surface area contributed by atoms with Gasteiger partial charge in [-0.1, -0.05) is 26.0 Å². The van der Waals surface area contributed by atoms with E-state index in [0.29, 0.717) is 24.3 Å². The van der Waals surface area contributed by atoms with E-state index in [-0.39, 0.29) is 0 Å². The summed E-state index contributed by atoms with van der Waals surface area (Å²) in [5, 5.41) is 0. The van der Waals surface area contributed by atoms with Crippen molar-refractivity contribution in [2.24, 2.45) is 5.92 Å². The van der Waals surface area contributed by atoms with Gasteiger partial charge in [0.1, 0.15) is 5.75 Å². The molecule has 16 heavy (non-hydrogen) atoms. The molecule has 0 spiro atoms. The molecule has 0 aliphatic rings. The van der Waals surface area contributed by atoms with E-state index in [1.807, 2.05) is 19.1 Å². The Balaban J connectivity index is 2.70. The number of ether oxygens (including phenoxy) is 1. The van der Waals surface area contributed by atoms with Gasteiger partial charge in [0.2, 0.25) is 0 Å². The summed E-state index contributed by atoms with van der Waals surface area (Å²) in [6, 6.07) is 8.30. The first-order valence-electron chi connectivity index (χ1n) is 5.96. The predicted octanol–water partition coefficient (Wildman–Crippen LogP) is 4.45. The zero-order chi connectivity index (χ0) is 12.0. The smallest absolute Gasteiger partial charge is 0.119 e. The SMILES string of the molecule is CCOc1ccc(C(CCl)CC(C)C)cc1. The van der Waals surface area contributed by atoms with Gasteiger partial charge >= 0.3 is 0 Å². The lowest BCUT2D eigenvalue weighted by molar-refractivity contribution is 0.340. The number of rotatable bonds is 6. The summed E-state index contributed by atoms with van der Waals surface area (Å²) in [5.41, 5.74) is 1.31. The zero-order valence-electron chi connectivity index (χ0n) is 10.4. The Kier molecular flexibility index (Phi) is 5.68. The summed E-state index contributed by atoms with van der Waals surface area (Å²) in [5.74, 6) is 2.75. The molecule has 90 valence electrons. The molecule has 1 aromatic rings. The average molecular weight is 241 g/mol. The summed E-state index contributed by atoms with van der Waals surface area (Å²) < 4.78 is 5.42. The van der Waals surface area contributed by atoms with Gasteiger partial charge in [-0.05, 0) is 42.9 Å². The molecule has 0 amide bonds. The number of hydrogen-bond donors (Lipinski definition) is 0. The second-order valence-corrected chi connectivity index (χ2v) is 4.79. The first-order valence-corrected chi connectivity index (χ1v) is 6.49. The topological polar surface area (TPSA) is 9.23 Å². The maximum Gasteiger partial charge on any atom is 0.119 e. The fourth-order valence-corrected chi connectivity index (χ4v) is 2.16. The molecule has 0 saturated carbocycles. The van der Waals surface area contributed by atoms with E-state index in [9.17, 15) is 0 Å². The van der Waals surface area contributed by atoms with Crippen LogP contribution in [-0.4, -0.2) is 12.5 Å². The number of benzene rings is 1. The highest BCUT2D eigenvalue weighted by Gasteiger charge is 2.12. The number of hydrogen-bond acceptors (Lipinski definition) is 1. The van der Waals surface area contributed by atoms with Crippen molar-refractivity contribution in [3.8, 4) is 5.75 Å². The molecule has 0 aliphatic carbocycles. The third kappa shape index (κ3) is 4.05. The Hall–Kier alpha value is -0.690. The summed E-state index contributed by atoms with van der Waals surface area (Å²) in [6.07, 6.45) is 1.14. The quantitative estimate of drug-likeness (QED) is 0.668. The van der Waals surface area contributed by atoms with Crippen molar-refractivity contribution in [1.29, 1.82) is 0 Å². The number of alkyl halides is 1. The van der Waals surface area contributed by atoms with Gasteiger partial charge in [-0.15, -0.1) is 11.6 Å². The van der Waals surface area contributed by atoms with E-state index in [1.165, 1.54) is 5.56 Å². The Morgan fingerprint density at radius 3 is 2.25 bits per heavy atom. The summed E-state index contributed by atoms with van der Waals surface area (Å²) in [7, 11) is 0. The highest BCUT2D eigenvalue weighted by molar-refractivity contribution is 6.18. The van der Waals surface area contributed by atoms with Gasteiger partial charge in [-0.3, -0.25) is 0 Å². The van der Waals surface area contributed by atoms with Gasteiger partial charge in [-0.2, -0.15) is 0 Å². The summed E-state index contributed by atoms with van der Waals surface area (Å²) >= 11 is 6.02. The van der Waals surface area contributed by atoms with Crippen LogP contribution in [0.5, 0.6) is 5.75 Å². The van der Waals surface area contributed by atoms with Gasteiger partial charge < -0.3 is 4.74 Å². The molecule has 0 aromatic heterocycles. The van der Waals surface area contributed by atoms with Crippen LogP contribution in [0.2, 0.25) is 0 Å². The zero-order valence-corrected chi connectivity index (χ0v) is 11.1. The van der Waals surface area contributed by atoms with Crippen LogP contribution in [0.15, 0.2) is 24.3 Å². The normalized spacial score (nSPS) is 12.8. The molecule has 0 fully saturated rings. The molecule has 0 heterocycles. The molecule has 1 nitrogen and oxygen atoms in total. The molecule has 0 bridgehead atoms. The lowest BCUT2D eigenvalue weighted by Crippen LogP contribution is -2.04. The Morgan fingerprint density at radius 1 is 1.19 bits per heavy atom. The first-order chi connectivity index (χ1) is 7.67. The van der Waals surface area contributed by atoms with Crippen molar-refractivity contribution in [3.05, 3.63) is 29.8 Å². The largest absolute Gasteiger partial charge is 0.494 e. The standard InChI is InChI=1S/C14H21ClO/c1-4-16-14-7-5-12(6-8-14)13(10-15)9-11(2)3/h5-8,11,13H,4,9-10H2,1-3H3. The van der Waals surface area contributed by atoms with Crippen molar-refractivity contribution in [2.75, 3.05) is 12.5 Å². The van der Waals surface area contributed by atoms with Crippen LogP contribution in [0, 0.1) is 5.92 Å².